The van der Waals surface area contributed by atoms with Crippen molar-refractivity contribution >= 4 is 11.6 Å². The highest BCUT2D eigenvalue weighted by Gasteiger charge is 2.53. The van der Waals surface area contributed by atoms with Crippen LogP contribution >= 0.6 is 11.6 Å². The molecule has 4 rings (SSSR count). The fourth-order valence-electron chi connectivity index (χ4n) is 2.99. The van der Waals surface area contributed by atoms with E-state index in [1.54, 1.807) is 16.9 Å². The van der Waals surface area contributed by atoms with Crippen LogP contribution in [0.4, 0.5) is 4.39 Å². The van der Waals surface area contributed by atoms with Gasteiger partial charge in [-0.1, -0.05) is 40.7 Å². The molecule has 0 aliphatic heterocycles. The summed E-state index contributed by atoms with van der Waals surface area (Å²) in [5.41, 5.74) is 2.03. The summed E-state index contributed by atoms with van der Waals surface area (Å²) in [6.07, 6.45) is 2.73. The van der Waals surface area contributed by atoms with Gasteiger partial charge in [-0.15, -0.1) is 0 Å². The Balaban J connectivity index is 1.56. The number of aryl methyl sites for hydroxylation is 2. The largest absolute Gasteiger partial charge is 0.231 e. The monoisotopic (exact) mass is 344 g/mol. The van der Waals surface area contributed by atoms with Crippen molar-refractivity contribution in [2.45, 2.75) is 31.3 Å². The van der Waals surface area contributed by atoms with Gasteiger partial charge in [-0.3, -0.25) is 0 Å². The van der Waals surface area contributed by atoms with Crippen LogP contribution in [0.1, 0.15) is 24.0 Å². The zero-order valence-corrected chi connectivity index (χ0v) is 13.7. The summed E-state index contributed by atoms with van der Waals surface area (Å²) in [5.74, 6) is -0.226. The van der Waals surface area contributed by atoms with Gasteiger partial charge in [0.15, 0.2) is 0 Å². The molecule has 1 aromatic heterocycles. The first-order valence-electron chi connectivity index (χ1n) is 7.87. The zero-order valence-electron chi connectivity index (χ0n) is 12.9. The van der Waals surface area contributed by atoms with Crippen LogP contribution in [0, 0.1) is 5.82 Å². The highest BCUT2D eigenvalue weighted by molar-refractivity contribution is 6.30. The van der Waals surface area contributed by atoms with Crippen LogP contribution in [0.5, 0.6) is 0 Å². The Morgan fingerprint density at radius 1 is 1.08 bits per heavy atom. The summed E-state index contributed by atoms with van der Waals surface area (Å²) >= 11 is 5.99. The van der Waals surface area contributed by atoms with Gasteiger partial charge in [-0.25, -0.2) is 4.39 Å². The third-order valence-corrected chi connectivity index (χ3v) is 4.74. The van der Waals surface area contributed by atoms with E-state index in [-0.39, 0.29) is 11.4 Å². The molecular weight excluding hydrogens is 329 g/mol. The summed E-state index contributed by atoms with van der Waals surface area (Å²) in [6, 6.07) is 14.4. The zero-order chi connectivity index (χ0) is 16.6. The average molecular weight is 345 g/mol. The molecule has 1 aliphatic carbocycles. The van der Waals surface area contributed by atoms with E-state index in [2.05, 4.69) is 15.6 Å². The smallest absolute Gasteiger partial charge is 0.207 e. The van der Waals surface area contributed by atoms with E-state index < -0.39 is 0 Å². The number of rotatable bonds is 5. The maximum atomic E-state index is 13.0. The van der Waals surface area contributed by atoms with Crippen LogP contribution in [-0.4, -0.2) is 20.4 Å². The normalized spacial score (nSPS) is 15.4. The lowest BCUT2D eigenvalue weighted by atomic mass is 10.1. The van der Waals surface area contributed by atoms with Crippen LogP contribution in [0.15, 0.2) is 48.5 Å². The fourth-order valence-corrected chi connectivity index (χ4v) is 3.12. The summed E-state index contributed by atoms with van der Waals surface area (Å²) in [6.45, 7) is 0.633. The van der Waals surface area contributed by atoms with Gasteiger partial charge in [0.2, 0.25) is 10.4 Å². The molecule has 24 heavy (non-hydrogen) atoms. The molecule has 0 unspecified atom stereocenters. The van der Waals surface area contributed by atoms with Gasteiger partial charge in [0.1, 0.15) is 23.1 Å². The molecule has 1 heterocycles. The number of hydrogen-bond acceptors (Lipinski definition) is 3. The molecule has 0 spiro atoms. The van der Waals surface area contributed by atoms with E-state index in [0.717, 1.165) is 35.4 Å². The first-order chi connectivity index (χ1) is 11.7. The Labute approximate surface area is 143 Å². The van der Waals surface area contributed by atoms with Crippen molar-refractivity contribution in [2.24, 2.45) is 0 Å². The molecule has 1 saturated carbocycles. The second kappa shape index (κ2) is 5.94. The molecule has 2 aromatic carbocycles. The van der Waals surface area contributed by atoms with E-state index in [9.17, 15) is 4.39 Å². The van der Waals surface area contributed by atoms with Crippen molar-refractivity contribution in [1.82, 2.24) is 20.4 Å². The van der Waals surface area contributed by atoms with Crippen molar-refractivity contribution < 1.29 is 9.19 Å². The Bertz CT molecular complexity index is 840. The first kappa shape index (κ1) is 15.2. The molecule has 0 amide bonds. The van der Waals surface area contributed by atoms with Gasteiger partial charge in [0, 0.05) is 11.4 Å². The second-order valence-corrected chi connectivity index (χ2v) is 6.51. The summed E-state index contributed by atoms with van der Waals surface area (Å²) in [5, 5.41) is 12.9. The van der Waals surface area contributed by atoms with Crippen molar-refractivity contribution in [1.29, 1.82) is 0 Å². The van der Waals surface area contributed by atoms with Crippen LogP contribution in [0.2, 0.25) is 5.02 Å². The molecule has 5 nitrogen and oxygen atoms in total. The van der Waals surface area contributed by atoms with Crippen LogP contribution in [-0.2, 0) is 18.5 Å². The predicted octanol–water partition coefficient (Wildman–Crippen LogP) is 2.53. The van der Waals surface area contributed by atoms with Gasteiger partial charge >= 0.3 is 0 Å². The SMILES string of the molecule is Fc1ccc(CC[n+]2nnnn2C2(c3ccc(Cl)cc3)CC2)cc1. The quantitative estimate of drug-likeness (QED) is 0.668. The lowest BCUT2D eigenvalue weighted by Crippen LogP contribution is -2.51. The minimum absolute atomic E-state index is 0.184. The second-order valence-electron chi connectivity index (χ2n) is 6.07. The molecular formula is C17H16ClFN5+. The van der Waals surface area contributed by atoms with E-state index >= 15 is 0 Å². The molecule has 122 valence electrons. The molecule has 0 saturated heterocycles. The Hall–Kier alpha value is -2.34. The van der Waals surface area contributed by atoms with E-state index in [0.29, 0.717) is 6.54 Å². The number of benzene rings is 2. The summed E-state index contributed by atoms with van der Waals surface area (Å²) in [7, 11) is 0. The number of halogens is 2. The summed E-state index contributed by atoms with van der Waals surface area (Å²) < 4.78 is 13.0. The third kappa shape index (κ3) is 2.78. The maximum Gasteiger partial charge on any atom is 0.231 e. The van der Waals surface area contributed by atoms with Crippen molar-refractivity contribution in [3.8, 4) is 0 Å². The van der Waals surface area contributed by atoms with Gasteiger partial charge in [-0.05, 0) is 53.0 Å². The standard InChI is InChI=1S/C17H16ClFN5/c18-15-5-3-14(4-6-15)17(10-11-17)24-22-20-21-23(24)12-9-13-1-7-16(19)8-2-13/h1-8H,9-12H2/q+1. The highest BCUT2D eigenvalue weighted by atomic mass is 35.5. The molecule has 0 radical (unpaired) electrons. The van der Waals surface area contributed by atoms with E-state index in [1.807, 2.05) is 29.1 Å². The fraction of sp³-hybridized carbons (Fsp3) is 0.294. The molecule has 3 aromatic rings. The van der Waals surface area contributed by atoms with Crippen LogP contribution in [0.25, 0.3) is 0 Å². The molecule has 0 N–H and O–H groups in total. The molecule has 1 fully saturated rings. The Kier molecular flexibility index (Phi) is 3.76. The lowest BCUT2D eigenvalue weighted by molar-refractivity contribution is -0.833. The third-order valence-electron chi connectivity index (χ3n) is 4.49. The molecule has 0 bridgehead atoms. The van der Waals surface area contributed by atoms with Crippen molar-refractivity contribution in [3.63, 3.8) is 0 Å². The van der Waals surface area contributed by atoms with Gasteiger partial charge in [0.25, 0.3) is 0 Å². The van der Waals surface area contributed by atoms with Gasteiger partial charge in [-0.2, -0.15) is 0 Å². The lowest BCUT2D eigenvalue weighted by Gasteiger charge is -2.13. The maximum absolute atomic E-state index is 13.0. The number of nitrogens with zero attached hydrogens (tertiary/aromatic N) is 5. The Morgan fingerprint density at radius 3 is 2.46 bits per heavy atom. The minimum atomic E-state index is -0.226. The summed E-state index contributed by atoms with van der Waals surface area (Å²) in [4.78, 5) is 3.64. The number of aromatic nitrogens is 5. The Morgan fingerprint density at radius 2 is 1.79 bits per heavy atom. The van der Waals surface area contributed by atoms with Gasteiger partial charge < -0.3 is 0 Å². The van der Waals surface area contributed by atoms with E-state index in [1.165, 1.54) is 12.1 Å². The molecule has 7 heteroatoms. The highest BCUT2D eigenvalue weighted by Crippen LogP contribution is 2.47. The van der Waals surface area contributed by atoms with Crippen molar-refractivity contribution in [3.05, 3.63) is 70.5 Å². The predicted molar refractivity (Wildman–Crippen MR) is 85.9 cm³/mol. The minimum Gasteiger partial charge on any atom is -0.207 e. The van der Waals surface area contributed by atoms with E-state index in [4.69, 9.17) is 11.6 Å². The number of hydrogen-bond donors (Lipinski definition) is 0. The van der Waals surface area contributed by atoms with Crippen LogP contribution < -0.4 is 4.80 Å². The van der Waals surface area contributed by atoms with Crippen molar-refractivity contribution in [2.75, 3.05) is 0 Å². The van der Waals surface area contributed by atoms with Gasteiger partial charge in [0.05, 0.1) is 0 Å². The molecule has 1 aliphatic rings. The molecule has 0 atom stereocenters. The first-order valence-corrected chi connectivity index (χ1v) is 8.25. The van der Waals surface area contributed by atoms with Crippen LogP contribution in [0.3, 0.4) is 0 Å². The topological polar surface area (TPSA) is 47.5 Å². The average Bonchev–Trinajstić information content (AvgIpc) is 3.26.